The quantitative estimate of drug-likeness (QED) is 0.741. The summed E-state index contributed by atoms with van der Waals surface area (Å²) < 4.78 is 5.61. The lowest BCUT2D eigenvalue weighted by atomic mass is 10.3. The molecular formula is C16H20ClN3O2S. The number of thiazole rings is 1. The van der Waals surface area contributed by atoms with Crippen molar-refractivity contribution in [1.82, 2.24) is 9.88 Å². The van der Waals surface area contributed by atoms with Gasteiger partial charge in [0.15, 0.2) is 0 Å². The lowest BCUT2D eigenvalue weighted by molar-refractivity contribution is 0.0782. The Kier molecular flexibility index (Phi) is 6.83. The van der Waals surface area contributed by atoms with Crippen molar-refractivity contribution in [3.05, 3.63) is 45.4 Å². The van der Waals surface area contributed by atoms with Crippen LogP contribution in [-0.2, 0) is 6.42 Å². The molecule has 0 spiro atoms. The van der Waals surface area contributed by atoms with Gasteiger partial charge in [0.25, 0.3) is 5.91 Å². The lowest BCUT2D eigenvalue weighted by Crippen LogP contribution is -2.29. The van der Waals surface area contributed by atoms with Crippen molar-refractivity contribution in [2.24, 2.45) is 5.73 Å². The Labute approximate surface area is 145 Å². The average molecular weight is 354 g/mol. The van der Waals surface area contributed by atoms with Crippen molar-refractivity contribution in [3.63, 3.8) is 0 Å². The van der Waals surface area contributed by atoms with Gasteiger partial charge in [-0.2, -0.15) is 0 Å². The zero-order valence-corrected chi connectivity index (χ0v) is 14.6. The van der Waals surface area contributed by atoms with E-state index >= 15 is 0 Å². The van der Waals surface area contributed by atoms with Crippen molar-refractivity contribution in [1.29, 1.82) is 0 Å². The molecule has 1 amide bonds. The Morgan fingerprint density at radius 1 is 1.48 bits per heavy atom. The Balaban J connectivity index is 1.75. The number of carbonyl (C=O) groups is 1. The van der Waals surface area contributed by atoms with Gasteiger partial charge in [-0.15, -0.1) is 11.3 Å². The van der Waals surface area contributed by atoms with Crippen molar-refractivity contribution >= 4 is 28.8 Å². The third-order valence-electron chi connectivity index (χ3n) is 3.18. The van der Waals surface area contributed by atoms with E-state index in [4.69, 9.17) is 22.1 Å². The zero-order chi connectivity index (χ0) is 16.7. The highest BCUT2D eigenvalue weighted by molar-refractivity contribution is 7.09. The zero-order valence-electron chi connectivity index (χ0n) is 13.0. The number of halogens is 1. The minimum Gasteiger partial charge on any atom is -0.493 e. The number of nitrogens with two attached hydrogens (primary N) is 1. The van der Waals surface area contributed by atoms with Crippen LogP contribution in [0.25, 0.3) is 0 Å². The summed E-state index contributed by atoms with van der Waals surface area (Å²) in [6.07, 6.45) is 1.43. The number of benzene rings is 1. The summed E-state index contributed by atoms with van der Waals surface area (Å²) in [5.41, 5.74) is 5.98. The Hall–Kier alpha value is -1.63. The highest BCUT2D eigenvalue weighted by Crippen LogP contribution is 2.17. The van der Waals surface area contributed by atoms with Crippen LogP contribution in [0.5, 0.6) is 5.75 Å². The van der Waals surface area contributed by atoms with Crippen LogP contribution in [0, 0.1) is 0 Å². The van der Waals surface area contributed by atoms with Crippen LogP contribution in [0.1, 0.15) is 21.9 Å². The number of hydrogen-bond donors (Lipinski definition) is 1. The van der Waals surface area contributed by atoms with Crippen LogP contribution < -0.4 is 10.5 Å². The number of nitrogens with zero attached hydrogens (tertiary/aromatic N) is 2. The van der Waals surface area contributed by atoms with Gasteiger partial charge in [-0.05, 0) is 31.2 Å². The molecule has 2 rings (SSSR count). The summed E-state index contributed by atoms with van der Waals surface area (Å²) in [5.74, 6) is 0.657. The first-order valence-electron chi connectivity index (χ1n) is 7.38. The second-order valence-electron chi connectivity index (χ2n) is 5.05. The molecule has 0 aliphatic carbocycles. The molecule has 0 saturated carbocycles. The molecule has 0 bridgehead atoms. The summed E-state index contributed by atoms with van der Waals surface area (Å²) in [6.45, 7) is 1.66. The predicted molar refractivity (Wildman–Crippen MR) is 93.4 cm³/mol. The van der Waals surface area contributed by atoms with Crippen LogP contribution in [0.4, 0.5) is 0 Å². The number of carbonyl (C=O) groups excluding carboxylic acids is 1. The molecule has 0 saturated heterocycles. The molecule has 2 aromatic rings. The van der Waals surface area contributed by atoms with Gasteiger partial charge in [-0.3, -0.25) is 4.79 Å². The van der Waals surface area contributed by atoms with Crippen LogP contribution in [0.2, 0.25) is 5.02 Å². The van der Waals surface area contributed by atoms with Crippen LogP contribution >= 0.6 is 22.9 Å². The van der Waals surface area contributed by atoms with Crippen LogP contribution in [0.3, 0.4) is 0 Å². The second kappa shape index (κ2) is 8.86. The summed E-state index contributed by atoms with van der Waals surface area (Å²) >= 11 is 7.37. The molecule has 23 heavy (non-hydrogen) atoms. The average Bonchev–Trinajstić information content (AvgIpc) is 2.99. The highest BCUT2D eigenvalue weighted by Gasteiger charge is 2.15. The molecule has 1 heterocycles. The smallest absolute Gasteiger partial charge is 0.273 e. The number of ether oxygens (including phenoxy) is 1. The van der Waals surface area contributed by atoms with Crippen molar-refractivity contribution in [2.75, 3.05) is 26.7 Å². The topological polar surface area (TPSA) is 68.5 Å². The van der Waals surface area contributed by atoms with Crippen molar-refractivity contribution in [3.8, 4) is 5.75 Å². The minimum absolute atomic E-state index is 0.0766. The van der Waals surface area contributed by atoms with E-state index in [-0.39, 0.29) is 5.91 Å². The normalized spacial score (nSPS) is 10.6. The largest absolute Gasteiger partial charge is 0.493 e. The number of rotatable bonds is 8. The fraction of sp³-hybridized carbons (Fsp3) is 0.375. The van der Waals surface area contributed by atoms with E-state index in [0.717, 1.165) is 17.2 Å². The molecule has 0 aliphatic rings. The van der Waals surface area contributed by atoms with E-state index in [1.165, 1.54) is 11.3 Å². The first-order valence-corrected chi connectivity index (χ1v) is 8.64. The van der Waals surface area contributed by atoms with E-state index in [2.05, 4.69) is 4.98 Å². The number of aromatic nitrogens is 1. The maximum Gasteiger partial charge on any atom is 0.273 e. The SMILES string of the molecule is CN(CCCOc1cccc(Cl)c1)C(=O)c1csc(CCN)n1. The summed E-state index contributed by atoms with van der Waals surface area (Å²) in [5, 5.41) is 3.33. The van der Waals surface area contributed by atoms with Gasteiger partial charge in [0.2, 0.25) is 0 Å². The third-order valence-corrected chi connectivity index (χ3v) is 4.32. The van der Waals surface area contributed by atoms with E-state index in [1.807, 2.05) is 12.1 Å². The molecule has 0 fully saturated rings. The molecule has 0 aliphatic heterocycles. The van der Waals surface area contributed by atoms with Gasteiger partial charge in [-0.1, -0.05) is 17.7 Å². The third kappa shape index (κ3) is 5.49. The first kappa shape index (κ1) is 17.7. The van der Waals surface area contributed by atoms with Crippen molar-refractivity contribution < 1.29 is 9.53 Å². The van der Waals surface area contributed by atoms with Gasteiger partial charge < -0.3 is 15.4 Å². The highest BCUT2D eigenvalue weighted by atomic mass is 35.5. The van der Waals surface area contributed by atoms with Crippen LogP contribution in [0.15, 0.2) is 29.6 Å². The Morgan fingerprint density at radius 2 is 2.30 bits per heavy atom. The maximum atomic E-state index is 12.3. The first-order chi connectivity index (χ1) is 11.1. The number of hydrogen-bond acceptors (Lipinski definition) is 5. The molecule has 5 nitrogen and oxygen atoms in total. The molecular weight excluding hydrogens is 334 g/mol. The minimum atomic E-state index is -0.0766. The lowest BCUT2D eigenvalue weighted by Gasteiger charge is -2.16. The Morgan fingerprint density at radius 3 is 3.04 bits per heavy atom. The fourth-order valence-corrected chi connectivity index (χ4v) is 2.96. The van der Waals surface area contributed by atoms with Gasteiger partial charge >= 0.3 is 0 Å². The van der Waals surface area contributed by atoms with Gasteiger partial charge in [0.05, 0.1) is 11.6 Å². The molecule has 124 valence electrons. The number of amides is 1. The molecule has 0 radical (unpaired) electrons. The van der Waals surface area contributed by atoms with E-state index < -0.39 is 0 Å². The predicted octanol–water partition coefficient (Wildman–Crippen LogP) is 2.84. The molecule has 1 aromatic heterocycles. The summed E-state index contributed by atoms with van der Waals surface area (Å²) in [4.78, 5) is 18.2. The Bertz CT molecular complexity index is 648. The maximum absolute atomic E-state index is 12.3. The van der Waals surface area contributed by atoms with Gasteiger partial charge in [0.1, 0.15) is 11.4 Å². The van der Waals surface area contributed by atoms with Crippen LogP contribution in [-0.4, -0.2) is 42.5 Å². The fourth-order valence-electron chi connectivity index (χ4n) is 1.99. The van der Waals surface area contributed by atoms with Crippen molar-refractivity contribution in [2.45, 2.75) is 12.8 Å². The van der Waals surface area contributed by atoms with E-state index in [0.29, 0.717) is 36.8 Å². The summed E-state index contributed by atoms with van der Waals surface area (Å²) in [6, 6.07) is 7.27. The monoisotopic (exact) mass is 353 g/mol. The molecule has 0 unspecified atom stereocenters. The van der Waals surface area contributed by atoms with Gasteiger partial charge in [-0.25, -0.2) is 4.98 Å². The molecule has 0 atom stereocenters. The molecule has 1 aromatic carbocycles. The van der Waals surface area contributed by atoms with E-state index in [1.54, 1.807) is 29.5 Å². The molecule has 7 heteroatoms. The second-order valence-corrected chi connectivity index (χ2v) is 6.43. The standard InChI is InChI=1S/C16H20ClN3O2S/c1-20(16(21)14-11-23-15(19-14)6-7-18)8-3-9-22-13-5-2-4-12(17)10-13/h2,4-5,10-11H,3,6-9,18H2,1H3. The molecule has 2 N–H and O–H groups in total. The van der Waals surface area contributed by atoms with E-state index in [9.17, 15) is 4.79 Å². The summed E-state index contributed by atoms with van der Waals surface area (Å²) in [7, 11) is 1.77. The van der Waals surface area contributed by atoms with Gasteiger partial charge in [0, 0.05) is 30.4 Å².